The third-order valence-corrected chi connectivity index (χ3v) is 4.92. The molecule has 0 bridgehead atoms. The number of halogens is 1. The van der Waals surface area contributed by atoms with Gasteiger partial charge < -0.3 is 5.32 Å². The van der Waals surface area contributed by atoms with E-state index in [2.05, 4.69) is 10.0 Å². The number of nitrogens with one attached hydrogen (secondary N) is 2. The molecule has 0 saturated carbocycles. The Labute approximate surface area is 121 Å². The van der Waals surface area contributed by atoms with Crippen molar-refractivity contribution in [3.05, 3.63) is 29.8 Å². The zero-order chi connectivity index (χ0) is 13.0. The first-order valence-electron chi connectivity index (χ1n) is 6.44. The van der Waals surface area contributed by atoms with Gasteiger partial charge in [-0.15, -0.1) is 12.4 Å². The van der Waals surface area contributed by atoms with E-state index in [1.165, 1.54) is 0 Å². The van der Waals surface area contributed by atoms with Crippen molar-refractivity contribution in [1.82, 2.24) is 10.0 Å². The maximum atomic E-state index is 12.3. The topological polar surface area (TPSA) is 58.2 Å². The first-order valence-corrected chi connectivity index (χ1v) is 7.93. The van der Waals surface area contributed by atoms with Crippen LogP contribution in [-0.2, 0) is 16.4 Å². The third-order valence-electron chi connectivity index (χ3n) is 3.30. The molecule has 2 N–H and O–H groups in total. The molecule has 108 valence electrons. The molecule has 2 rings (SSSR count). The van der Waals surface area contributed by atoms with E-state index >= 15 is 0 Å². The van der Waals surface area contributed by atoms with Crippen molar-refractivity contribution in [1.29, 1.82) is 0 Å². The Morgan fingerprint density at radius 1 is 1.26 bits per heavy atom. The molecule has 0 aliphatic carbocycles. The van der Waals surface area contributed by atoms with Crippen molar-refractivity contribution in [2.24, 2.45) is 0 Å². The second-order valence-corrected chi connectivity index (χ2v) is 6.29. The van der Waals surface area contributed by atoms with Gasteiger partial charge in [-0.05, 0) is 44.0 Å². The summed E-state index contributed by atoms with van der Waals surface area (Å²) in [6, 6.07) is 7.26. The molecule has 6 heteroatoms. The van der Waals surface area contributed by atoms with Crippen molar-refractivity contribution >= 4 is 22.4 Å². The van der Waals surface area contributed by atoms with Crippen LogP contribution in [0.15, 0.2) is 29.2 Å². The van der Waals surface area contributed by atoms with Crippen LogP contribution in [0, 0.1) is 0 Å². The average Bonchev–Trinajstić information content (AvgIpc) is 2.39. The van der Waals surface area contributed by atoms with Gasteiger partial charge in [-0.1, -0.05) is 25.1 Å². The molecule has 1 saturated heterocycles. The summed E-state index contributed by atoms with van der Waals surface area (Å²) in [6.45, 7) is 3.73. The van der Waals surface area contributed by atoms with Gasteiger partial charge >= 0.3 is 0 Å². The number of piperidine rings is 1. The van der Waals surface area contributed by atoms with Crippen LogP contribution in [0.25, 0.3) is 0 Å². The van der Waals surface area contributed by atoms with Gasteiger partial charge in [0.25, 0.3) is 0 Å². The van der Waals surface area contributed by atoms with Gasteiger partial charge in [-0.25, -0.2) is 13.1 Å². The summed E-state index contributed by atoms with van der Waals surface area (Å²) in [5, 5.41) is 3.23. The van der Waals surface area contributed by atoms with E-state index in [4.69, 9.17) is 0 Å². The number of hydrogen-bond acceptors (Lipinski definition) is 3. The summed E-state index contributed by atoms with van der Waals surface area (Å²) in [4.78, 5) is 0.422. The van der Waals surface area contributed by atoms with E-state index < -0.39 is 10.0 Å². The van der Waals surface area contributed by atoms with Gasteiger partial charge in [0.05, 0.1) is 4.90 Å². The fourth-order valence-electron chi connectivity index (χ4n) is 2.28. The van der Waals surface area contributed by atoms with E-state index in [0.717, 1.165) is 37.9 Å². The molecular weight excluding hydrogens is 284 g/mol. The van der Waals surface area contributed by atoms with E-state index in [9.17, 15) is 8.42 Å². The quantitative estimate of drug-likeness (QED) is 0.890. The van der Waals surface area contributed by atoms with Crippen LogP contribution in [0.2, 0.25) is 0 Å². The molecular formula is C13H21ClN2O2S. The molecule has 0 amide bonds. The predicted molar refractivity (Wildman–Crippen MR) is 79.3 cm³/mol. The predicted octanol–water partition coefficient (Wildman–Crippen LogP) is 1.70. The smallest absolute Gasteiger partial charge is 0.241 e. The highest BCUT2D eigenvalue weighted by atomic mass is 35.5. The van der Waals surface area contributed by atoms with Gasteiger partial charge in [0.1, 0.15) is 0 Å². The Kier molecular flexibility index (Phi) is 6.26. The minimum atomic E-state index is -3.38. The van der Waals surface area contributed by atoms with Crippen molar-refractivity contribution in [2.45, 2.75) is 37.1 Å². The number of aryl methyl sites for hydroxylation is 1. The van der Waals surface area contributed by atoms with Gasteiger partial charge in [-0.2, -0.15) is 0 Å². The van der Waals surface area contributed by atoms with E-state index in [1.807, 2.05) is 19.1 Å². The highest BCUT2D eigenvalue weighted by Crippen LogP contribution is 2.17. The minimum Gasteiger partial charge on any atom is -0.317 e. The molecule has 1 aliphatic rings. The summed E-state index contributed by atoms with van der Waals surface area (Å²) in [7, 11) is -3.38. The monoisotopic (exact) mass is 304 g/mol. The Hall–Kier alpha value is -0.620. The molecule has 1 aromatic carbocycles. The van der Waals surface area contributed by atoms with Crippen LogP contribution in [-0.4, -0.2) is 27.5 Å². The lowest BCUT2D eigenvalue weighted by atomic mass is 10.1. The summed E-state index contributed by atoms with van der Waals surface area (Å²) in [5.74, 6) is 0. The van der Waals surface area contributed by atoms with Crippen LogP contribution in [0.4, 0.5) is 0 Å². The lowest BCUT2D eigenvalue weighted by Gasteiger charge is -2.24. The lowest BCUT2D eigenvalue weighted by molar-refractivity contribution is 0.427. The highest BCUT2D eigenvalue weighted by molar-refractivity contribution is 7.89. The normalized spacial score (nSPS) is 16.9. The Bertz CT molecular complexity index is 499. The molecule has 0 spiro atoms. The zero-order valence-corrected chi connectivity index (χ0v) is 12.7. The maximum Gasteiger partial charge on any atom is 0.241 e. The minimum absolute atomic E-state index is 0. The molecule has 0 radical (unpaired) electrons. The maximum absolute atomic E-state index is 12.3. The van der Waals surface area contributed by atoms with Crippen molar-refractivity contribution in [3.63, 3.8) is 0 Å². The summed E-state index contributed by atoms with van der Waals surface area (Å²) < 4.78 is 27.5. The standard InChI is InChI=1S/C13H20N2O2S.ClH/c1-2-11-5-3-4-6-13(11)18(16,17)15-12-7-9-14-10-8-12;/h3-6,12,14-15H,2,7-10H2,1H3;1H. The van der Waals surface area contributed by atoms with Gasteiger partial charge in [0.2, 0.25) is 10.0 Å². The Balaban J connectivity index is 0.00000180. The third kappa shape index (κ3) is 4.18. The van der Waals surface area contributed by atoms with Crippen LogP contribution >= 0.6 is 12.4 Å². The van der Waals surface area contributed by atoms with Crippen LogP contribution in [0.1, 0.15) is 25.3 Å². The second kappa shape index (κ2) is 7.24. The number of rotatable bonds is 4. The molecule has 1 aromatic rings. The van der Waals surface area contributed by atoms with Gasteiger partial charge in [0.15, 0.2) is 0 Å². The fraction of sp³-hybridized carbons (Fsp3) is 0.538. The lowest BCUT2D eigenvalue weighted by Crippen LogP contribution is -2.42. The Morgan fingerprint density at radius 3 is 2.53 bits per heavy atom. The van der Waals surface area contributed by atoms with E-state index in [1.54, 1.807) is 12.1 Å². The van der Waals surface area contributed by atoms with Crippen LogP contribution in [0.5, 0.6) is 0 Å². The molecule has 1 fully saturated rings. The zero-order valence-electron chi connectivity index (χ0n) is 11.1. The molecule has 0 aromatic heterocycles. The first-order chi connectivity index (χ1) is 8.63. The van der Waals surface area contributed by atoms with Crippen LogP contribution in [0.3, 0.4) is 0 Å². The summed E-state index contributed by atoms with van der Waals surface area (Å²) >= 11 is 0. The van der Waals surface area contributed by atoms with E-state index in [-0.39, 0.29) is 18.4 Å². The van der Waals surface area contributed by atoms with Gasteiger partial charge in [0, 0.05) is 6.04 Å². The SMILES string of the molecule is CCc1ccccc1S(=O)(=O)NC1CCNCC1.Cl. The molecule has 0 atom stereocenters. The van der Waals surface area contributed by atoms with Crippen molar-refractivity contribution < 1.29 is 8.42 Å². The van der Waals surface area contributed by atoms with Crippen molar-refractivity contribution in [2.75, 3.05) is 13.1 Å². The summed E-state index contributed by atoms with van der Waals surface area (Å²) in [6.07, 6.45) is 2.43. The molecule has 4 nitrogen and oxygen atoms in total. The Morgan fingerprint density at radius 2 is 1.89 bits per heavy atom. The highest BCUT2D eigenvalue weighted by Gasteiger charge is 2.23. The van der Waals surface area contributed by atoms with Gasteiger partial charge in [-0.3, -0.25) is 0 Å². The second-order valence-electron chi connectivity index (χ2n) is 4.61. The number of benzene rings is 1. The van der Waals surface area contributed by atoms with Crippen molar-refractivity contribution in [3.8, 4) is 0 Å². The molecule has 0 unspecified atom stereocenters. The molecule has 1 heterocycles. The van der Waals surface area contributed by atoms with E-state index in [0.29, 0.717) is 4.90 Å². The molecule has 19 heavy (non-hydrogen) atoms. The van der Waals surface area contributed by atoms with Crippen LogP contribution < -0.4 is 10.0 Å². The fourth-order valence-corrected chi connectivity index (χ4v) is 3.90. The summed E-state index contributed by atoms with van der Waals surface area (Å²) in [5.41, 5.74) is 0.874. The molecule has 1 aliphatic heterocycles. The number of sulfonamides is 1. The average molecular weight is 305 g/mol. The first kappa shape index (κ1) is 16.4. The number of hydrogen-bond donors (Lipinski definition) is 2. The largest absolute Gasteiger partial charge is 0.317 e.